The fraction of sp³-hybridized carbons (Fsp3) is 1.00. The topological polar surface area (TPSA) is 63.4 Å². The van der Waals surface area contributed by atoms with Crippen molar-refractivity contribution in [3.05, 3.63) is 0 Å². The lowest BCUT2D eigenvalue weighted by Crippen LogP contribution is -2.53. The highest BCUT2D eigenvalue weighted by Gasteiger charge is 2.38. The third-order valence-electron chi connectivity index (χ3n) is 5.11. The van der Waals surface area contributed by atoms with E-state index < -0.39 is 9.84 Å². The fourth-order valence-corrected chi connectivity index (χ4v) is 5.13. The van der Waals surface area contributed by atoms with Gasteiger partial charge >= 0.3 is 0 Å². The molecule has 5 heteroatoms. The Labute approximate surface area is 117 Å². The number of sulfone groups is 1. The molecule has 0 bridgehead atoms. The molecule has 0 aromatic rings. The van der Waals surface area contributed by atoms with Crippen LogP contribution in [0.4, 0.5) is 0 Å². The van der Waals surface area contributed by atoms with Crippen LogP contribution >= 0.6 is 0 Å². The smallest absolute Gasteiger partial charge is 0.153 e. The molecule has 0 aromatic heterocycles. The lowest BCUT2D eigenvalue weighted by atomic mass is 9.70. The summed E-state index contributed by atoms with van der Waals surface area (Å²) < 4.78 is 23.3. The van der Waals surface area contributed by atoms with Crippen LogP contribution in [0.3, 0.4) is 0 Å². The van der Waals surface area contributed by atoms with Gasteiger partial charge in [-0.05, 0) is 37.6 Å². The van der Waals surface area contributed by atoms with Crippen molar-refractivity contribution < 1.29 is 8.42 Å². The molecule has 1 saturated heterocycles. The van der Waals surface area contributed by atoms with Crippen LogP contribution in [0.25, 0.3) is 0 Å². The minimum atomic E-state index is -2.81. The molecule has 2 aliphatic rings. The zero-order valence-electron chi connectivity index (χ0n) is 12.3. The van der Waals surface area contributed by atoms with E-state index in [2.05, 4.69) is 11.8 Å². The van der Waals surface area contributed by atoms with E-state index in [0.717, 1.165) is 19.0 Å². The maximum absolute atomic E-state index is 11.6. The highest BCUT2D eigenvalue weighted by molar-refractivity contribution is 7.91. The van der Waals surface area contributed by atoms with Gasteiger partial charge in [0.15, 0.2) is 9.84 Å². The molecule has 0 radical (unpaired) electrons. The second kappa shape index (κ2) is 5.70. The fourth-order valence-electron chi connectivity index (χ4n) is 3.50. The number of hydrogen-bond donors (Lipinski definition) is 1. The van der Waals surface area contributed by atoms with Crippen LogP contribution in [0.15, 0.2) is 0 Å². The van der Waals surface area contributed by atoms with Crippen molar-refractivity contribution in [3.63, 3.8) is 0 Å². The first-order valence-corrected chi connectivity index (χ1v) is 9.32. The molecular weight excluding hydrogens is 260 g/mol. The van der Waals surface area contributed by atoms with E-state index >= 15 is 0 Å². The Kier molecular flexibility index (Phi) is 4.58. The number of hydrogen-bond acceptors (Lipinski definition) is 4. The first-order valence-electron chi connectivity index (χ1n) is 7.50. The summed E-state index contributed by atoms with van der Waals surface area (Å²) in [6, 6.07) is 0.140. The van der Waals surface area contributed by atoms with Crippen molar-refractivity contribution in [2.45, 2.75) is 45.6 Å². The molecular formula is C14H28N2O2S. The Bertz CT molecular complexity index is 400. The van der Waals surface area contributed by atoms with Crippen molar-refractivity contribution in [1.29, 1.82) is 0 Å². The third kappa shape index (κ3) is 3.70. The lowest BCUT2D eigenvalue weighted by molar-refractivity contribution is 0.0797. The third-order valence-corrected chi connectivity index (χ3v) is 6.91. The van der Waals surface area contributed by atoms with Gasteiger partial charge in [0.25, 0.3) is 0 Å². The molecule has 1 heterocycles. The van der Waals surface area contributed by atoms with E-state index in [1.807, 2.05) is 6.92 Å². The second-order valence-corrected chi connectivity index (χ2v) is 9.05. The molecule has 2 N–H and O–H groups in total. The quantitative estimate of drug-likeness (QED) is 0.849. The van der Waals surface area contributed by atoms with Gasteiger partial charge in [-0.1, -0.05) is 19.8 Å². The predicted molar refractivity (Wildman–Crippen MR) is 78.8 cm³/mol. The molecule has 1 aliphatic heterocycles. The van der Waals surface area contributed by atoms with Crippen LogP contribution in [0.1, 0.15) is 39.5 Å². The zero-order valence-corrected chi connectivity index (χ0v) is 13.1. The maximum Gasteiger partial charge on any atom is 0.153 e. The molecule has 1 aliphatic carbocycles. The molecule has 112 valence electrons. The number of nitrogens with two attached hydrogens (primary N) is 1. The molecule has 4 nitrogen and oxygen atoms in total. The first kappa shape index (κ1) is 15.3. The van der Waals surface area contributed by atoms with E-state index in [4.69, 9.17) is 5.73 Å². The van der Waals surface area contributed by atoms with Crippen LogP contribution < -0.4 is 5.73 Å². The van der Waals surface area contributed by atoms with E-state index in [1.54, 1.807) is 0 Å². The average Bonchev–Trinajstić information content (AvgIpc) is 2.35. The first-order chi connectivity index (χ1) is 8.86. The summed E-state index contributed by atoms with van der Waals surface area (Å²) >= 11 is 0. The normalized spacial score (nSPS) is 40.2. The summed E-state index contributed by atoms with van der Waals surface area (Å²) in [6.07, 6.45) is 4.91. The molecule has 1 atom stereocenters. The average molecular weight is 288 g/mol. The van der Waals surface area contributed by atoms with Crippen LogP contribution in [-0.4, -0.2) is 50.5 Å². The van der Waals surface area contributed by atoms with Gasteiger partial charge in [-0.15, -0.1) is 0 Å². The maximum atomic E-state index is 11.6. The van der Waals surface area contributed by atoms with Crippen molar-refractivity contribution in [2.24, 2.45) is 17.1 Å². The summed E-state index contributed by atoms with van der Waals surface area (Å²) in [5, 5.41) is 0. The second-order valence-electron chi connectivity index (χ2n) is 6.82. The lowest BCUT2D eigenvalue weighted by Gasteiger charge is -2.45. The molecule has 2 fully saturated rings. The predicted octanol–water partition coefficient (Wildman–Crippen LogP) is 1.26. The van der Waals surface area contributed by atoms with Gasteiger partial charge in [-0.25, -0.2) is 8.42 Å². The standard InChI is InChI=1S/C14H28N2O2S/c1-12-3-5-14(10-15,6-4-12)11-16-7-8-19(17,18)9-13(16)2/h12-13H,3-11,15H2,1-2H3. The van der Waals surface area contributed by atoms with Gasteiger partial charge in [-0.3, -0.25) is 4.90 Å². The van der Waals surface area contributed by atoms with Crippen LogP contribution in [0.5, 0.6) is 0 Å². The van der Waals surface area contributed by atoms with Crippen LogP contribution in [0, 0.1) is 11.3 Å². The molecule has 2 rings (SSSR count). The van der Waals surface area contributed by atoms with E-state index in [-0.39, 0.29) is 11.5 Å². The minimum Gasteiger partial charge on any atom is -0.330 e. The highest BCUT2D eigenvalue weighted by Crippen LogP contribution is 2.39. The molecule has 0 aromatic carbocycles. The van der Waals surface area contributed by atoms with Gasteiger partial charge in [0.1, 0.15) is 0 Å². The van der Waals surface area contributed by atoms with Crippen molar-refractivity contribution in [1.82, 2.24) is 4.90 Å². The molecule has 1 unspecified atom stereocenters. The van der Waals surface area contributed by atoms with E-state index in [1.165, 1.54) is 25.7 Å². The Balaban J connectivity index is 1.99. The van der Waals surface area contributed by atoms with Crippen molar-refractivity contribution >= 4 is 9.84 Å². The minimum absolute atomic E-state index is 0.140. The number of rotatable bonds is 3. The zero-order chi connectivity index (χ0) is 14.1. The molecule has 0 spiro atoms. The summed E-state index contributed by atoms with van der Waals surface area (Å²) in [5.41, 5.74) is 6.28. The van der Waals surface area contributed by atoms with Gasteiger partial charge in [-0.2, -0.15) is 0 Å². The van der Waals surface area contributed by atoms with Crippen LogP contribution in [0.2, 0.25) is 0 Å². The molecule has 19 heavy (non-hydrogen) atoms. The van der Waals surface area contributed by atoms with E-state index in [9.17, 15) is 8.42 Å². The van der Waals surface area contributed by atoms with Crippen molar-refractivity contribution in [3.8, 4) is 0 Å². The summed E-state index contributed by atoms with van der Waals surface area (Å²) in [4.78, 5) is 2.35. The van der Waals surface area contributed by atoms with Crippen LogP contribution in [-0.2, 0) is 9.84 Å². The monoisotopic (exact) mass is 288 g/mol. The van der Waals surface area contributed by atoms with Gasteiger partial charge in [0.2, 0.25) is 0 Å². The highest BCUT2D eigenvalue weighted by atomic mass is 32.2. The van der Waals surface area contributed by atoms with Gasteiger partial charge in [0, 0.05) is 19.1 Å². The Morgan fingerprint density at radius 1 is 1.26 bits per heavy atom. The SMILES string of the molecule is CC1CCC(CN)(CN2CCS(=O)(=O)CC2C)CC1. The summed E-state index contributed by atoms with van der Waals surface area (Å²) in [6.45, 7) is 6.74. The van der Waals surface area contributed by atoms with Gasteiger partial charge < -0.3 is 5.73 Å². The summed E-state index contributed by atoms with van der Waals surface area (Å²) in [7, 11) is -2.81. The Morgan fingerprint density at radius 2 is 1.89 bits per heavy atom. The Hall–Kier alpha value is -0.130. The number of nitrogens with zero attached hydrogens (tertiary/aromatic N) is 1. The van der Waals surface area contributed by atoms with Crippen molar-refractivity contribution in [2.75, 3.05) is 31.1 Å². The summed E-state index contributed by atoms with van der Waals surface area (Å²) in [5.74, 6) is 1.44. The largest absolute Gasteiger partial charge is 0.330 e. The molecule has 0 amide bonds. The Morgan fingerprint density at radius 3 is 2.42 bits per heavy atom. The van der Waals surface area contributed by atoms with Gasteiger partial charge in [0.05, 0.1) is 11.5 Å². The van der Waals surface area contributed by atoms with E-state index in [0.29, 0.717) is 18.1 Å². The molecule has 1 saturated carbocycles.